The Labute approximate surface area is 136 Å². The van der Waals surface area contributed by atoms with E-state index in [4.69, 9.17) is 19.2 Å². The number of hydrogen-bond acceptors (Lipinski definition) is 6. The largest absolute Gasteiger partial charge is 0.451 e. The van der Waals surface area contributed by atoms with Crippen LogP contribution in [-0.2, 0) is 34.8 Å². The van der Waals surface area contributed by atoms with Crippen molar-refractivity contribution >= 4 is 0 Å². The van der Waals surface area contributed by atoms with E-state index in [1.54, 1.807) is 6.07 Å². The second-order valence-electron chi connectivity index (χ2n) is 5.42. The van der Waals surface area contributed by atoms with Gasteiger partial charge in [-0.1, -0.05) is 30.3 Å². The third-order valence-electron chi connectivity index (χ3n) is 3.70. The van der Waals surface area contributed by atoms with Crippen molar-refractivity contribution in [1.82, 2.24) is 0 Å². The van der Waals surface area contributed by atoms with E-state index >= 15 is 0 Å². The van der Waals surface area contributed by atoms with E-state index in [1.807, 2.05) is 0 Å². The first-order valence-electron chi connectivity index (χ1n) is 7.56. The molecule has 2 saturated heterocycles. The van der Waals surface area contributed by atoms with Crippen molar-refractivity contribution in [2.24, 2.45) is 0 Å². The zero-order valence-electron chi connectivity index (χ0n) is 12.7. The summed E-state index contributed by atoms with van der Waals surface area (Å²) in [6.07, 6.45) is -4.29. The summed E-state index contributed by atoms with van der Waals surface area (Å²) < 4.78 is 50.7. The standard InChI is InChI=1S/C15H17F3O6/c16-15(17,18)14(11-6-2-1-3-7-11)21-13(23-24-14)9-5-4-8-12-19-10-20-22-12/h1-3,6-7,12-13H,4-5,8-10H2. The minimum absolute atomic E-state index is 0.0819. The van der Waals surface area contributed by atoms with Crippen LogP contribution in [0.25, 0.3) is 0 Å². The summed E-state index contributed by atoms with van der Waals surface area (Å²) in [4.78, 5) is 18.8. The molecule has 2 heterocycles. The van der Waals surface area contributed by atoms with Gasteiger partial charge in [-0.15, -0.1) is 0 Å². The van der Waals surface area contributed by atoms with E-state index in [-0.39, 0.29) is 18.8 Å². The summed E-state index contributed by atoms with van der Waals surface area (Å²) in [5.74, 6) is -2.90. The van der Waals surface area contributed by atoms with Crippen LogP contribution in [0.3, 0.4) is 0 Å². The zero-order chi connectivity index (χ0) is 17.0. The van der Waals surface area contributed by atoms with Crippen LogP contribution in [0.15, 0.2) is 30.3 Å². The fourth-order valence-electron chi connectivity index (χ4n) is 2.49. The lowest BCUT2D eigenvalue weighted by Gasteiger charge is -2.27. The van der Waals surface area contributed by atoms with Crippen molar-refractivity contribution in [2.45, 2.75) is 50.2 Å². The van der Waals surface area contributed by atoms with Gasteiger partial charge in [0.05, 0.1) is 0 Å². The fourth-order valence-corrected chi connectivity index (χ4v) is 2.49. The second-order valence-corrected chi connectivity index (χ2v) is 5.42. The Balaban J connectivity index is 1.55. The lowest BCUT2D eigenvalue weighted by atomic mass is 10.1. The Kier molecular flexibility index (Phi) is 5.38. The first-order chi connectivity index (χ1) is 11.5. The van der Waals surface area contributed by atoms with Gasteiger partial charge in [0.25, 0.3) is 0 Å². The number of alkyl halides is 3. The van der Waals surface area contributed by atoms with E-state index in [0.29, 0.717) is 19.3 Å². The molecule has 3 rings (SSSR count). The van der Waals surface area contributed by atoms with Crippen LogP contribution in [0.4, 0.5) is 13.2 Å². The lowest BCUT2D eigenvalue weighted by Crippen LogP contribution is -2.43. The highest BCUT2D eigenvalue weighted by Gasteiger charge is 2.65. The van der Waals surface area contributed by atoms with E-state index in [1.165, 1.54) is 24.3 Å². The van der Waals surface area contributed by atoms with Crippen molar-refractivity contribution < 1.29 is 42.2 Å². The number of unbranched alkanes of at least 4 members (excludes halogenated alkanes) is 1. The summed E-state index contributed by atoms with van der Waals surface area (Å²) >= 11 is 0. The van der Waals surface area contributed by atoms with Gasteiger partial charge in [-0.25, -0.2) is 14.7 Å². The van der Waals surface area contributed by atoms with Crippen molar-refractivity contribution in [2.75, 3.05) is 6.79 Å². The SMILES string of the molecule is FC(F)(F)C1(c2ccccc2)OOC(CCCCC2OCOO2)O1. The maximum atomic E-state index is 13.5. The molecule has 0 N–H and O–H groups in total. The number of halogens is 3. The Morgan fingerprint density at radius 3 is 2.33 bits per heavy atom. The Morgan fingerprint density at radius 2 is 1.71 bits per heavy atom. The van der Waals surface area contributed by atoms with Crippen LogP contribution < -0.4 is 0 Å². The molecule has 0 saturated carbocycles. The molecule has 0 aliphatic carbocycles. The van der Waals surface area contributed by atoms with Gasteiger partial charge in [0.2, 0.25) is 0 Å². The van der Waals surface area contributed by atoms with Gasteiger partial charge >= 0.3 is 12.0 Å². The highest BCUT2D eigenvalue weighted by Crippen LogP contribution is 2.48. The molecule has 134 valence electrons. The summed E-state index contributed by atoms with van der Waals surface area (Å²) in [6, 6.07) is 7.14. The van der Waals surface area contributed by atoms with E-state index < -0.39 is 24.5 Å². The van der Waals surface area contributed by atoms with Gasteiger partial charge in [0, 0.05) is 18.4 Å². The molecule has 3 unspecified atom stereocenters. The van der Waals surface area contributed by atoms with Crippen LogP contribution >= 0.6 is 0 Å². The minimum Gasteiger partial charge on any atom is -0.320 e. The van der Waals surface area contributed by atoms with Gasteiger partial charge < -0.3 is 9.47 Å². The number of hydrogen-bond donors (Lipinski definition) is 0. The fraction of sp³-hybridized carbons (Fsp3) is 0.600. The van der Waals surface area contributed by atoms with Crippen molar-refractivity contribution in [3.8, 4) is 0 Å². The molecule has 2 aliphatic heterocycles. The number of ether oxygens (including phenoxy) is 2. The van der Waals surface area contributed by atoms with Crippen LogP contribution in [-0.4, -0.2) is 25.5 Å². The predicted molar refractivity (Wildman–Crippen MR) is 71.6 cm³/mol. The summed E-state index contributed by atoms with van der Waals surface area (Å²) in [7, 11) is 0. The molecule has 24 heavy (non-hydrogen) atoms. The molecule has 1 aromatic carbocycles. The Bertz CT molecular complexity index is 520. The van der Waals surface area contributed by atoms with E-state index in [0.717, 1.165) is 0 Å². The lowest BCUT2D eigenvalue weighted by molar-refractivity contribution is -0.419. The first kappa shape index (κ1) is 17.6. The average molecular weight is 350 g/mol. The van der Waals surface area contributed by atoms with Gasteiger partial charge in [0.15, 0.2) is 19.4 Å². The molecule has 0 amide bonds. The predicted octanol–water partition coefficient (Wildman–Crippen LogP) is 3.53. The van der Waals surface area contributed by atoms with Gasteiger partial charge in [0.1, 0.15) is 0 Å². The number of rotatable bonds is 6. The molecule has 0 bridgehead atoms. The quantitative estimate of drug-likeness (QED) is 0.578. The minimum atomic E-state index is -4.77. The van der Waals surface area contributed by atoms with Crippen LogP contribution in [0.5, 0.6) is 0 Å². The van der Waals surface area contributed by atoms with E-state index in [2.05, 4.69) is 9.78 Å². The Morgan fingerprint density at radius 1 is 1.00 bits per heavy atom. The third-order valence-corrected chi connectivity index (χ3v) is 3.70. The van der Waals surface area contributed by atoms with Crippen LogP contribution in [0, 0.1) is 0 Å². The second kappa shape index (κ2) is 7.34. The molecular weight excluding hydrogens is 333 g/mol. The molecule has 9 heteroatoms. The van der Waals surface area contributed by atoms with Gasteiger partial charge in [-0.2, -0.15) is 18.1 Å². The van der Waals surface area contributed by atoms with Crippen LogP contribution in [0.2, 0.25) is 0 Å². The van der Waals surface area contributed by atoms with Gasteiger partial charge in [-0.3, -0.25) is 0 Å². The molecule has 0 spiro atoms. The molecule has 2 fully saturated rings. The first-order valence-corrected chi connectivity index (χ1v) is 7.56. The van der Waals surface area contributed by atoms with E-state index in [9.17, 15) is 13.2 Å². The Hall–Kier alpha value is -1.23. The smallest absolute Gasteiger partial charge is 0.320 e. The third kappa shape index (κ3) is 3.71. The van der Waals surface area contributed by atoms with Crippen molar-refractivity contribution in [1.29, 1.82) is 0 Å². The highest BCUT2D eigenvalue weighted by molar-refractivity contribution is 5.22. The number of benzene rings is 1. The summed E-state index contributed by atoms with van der Waals surface area (Å²) in [6.45, 7) is 0.0819. The zero-order valence-corrected chi connectivity index (χ0v) is 12.7. The average Bonchev–Trinajstić information content (AvgIpc) is 3.22. The highest BCUT2D eigenvalue weighted by atomic mass is 19.4. The molecule has 0 radical (unpaired) electrons. The molecule has 2 aliphatic rings. The van der Waals surface area contributed by atoms with Crippen molar-refractivity contribution in [3.05, 3.63) is 35.9 Å². The molecular formula is C15H17F3O6. The molecule has 0 aromatic heterocycles. The van der Waals surface area contributed by atoms with Gasteiger partial charge in [-0.05, 0) is 12.8 Å². The topological polar surface area (TPSA) is 55.4 Å². The molecule has 1 aromatic rings. The molecule has 3 atom stereocenters. The summed E-state index contributed by atoms with van der Waals surface area (Å²) in [5.41, 5.74) is -0.162. The van der Waals surface area contributed by atoms with Crippen LogP contribution in [0.1, 0.15) is 31.2 Å². The van der Waals surface area contributed by atoms with Crippen molar-refractivity contribution in [3.63, 3.8) is 0 Å². The molecule has 6 nitrogen and oxygen atoms in total. The monoisotopic (exact) mass is 350 g/mol. The maximum absolute atomic E-state index is 13.5. The summed E-state index contributed by atoms with van der Waals surface area (Å²) in [5, 5.41) is 0. The normalized spacial score (nSPS) is 30.8. The maximum Gasteiger partial charge on any atom is 0.451 e.